The average molecular weight is 486 g/mol. The van der Waals surface area contributed by atoms with E-state index in [1.54, 1.807) is 6.92 Å². The van der Waals surface area contributed by atoms with Crippen molar-refractivity contribution < 1.29 is 22.8 Å². The van der Waals surface area contributed by atoms with Crippen molar-refractivity contribution >= 4 is 40.8 Å². The van der Waals surface area contributed by atoms with Crippen molar-refractivity contribution in [1.82, 2.24) is 20.5 Å². The maximum Gasteiger partial charge on any atom is 0.434 e. The number of aromatic nitrogens is 1. The van der Waals surface area contributed by atoms with Gasteiger partial charge in [0.15, 0.2) is 5.69 Å². The van der Waals surface area contributed by atoms with Crippen LogP contribution in [-0.4, -0.2) is 41.0 Å². The summed E-state index contributed by atoms with van der Waals surface area (Å²) in [6.07, 6.45) is -3.78. The molecule has 2 aromatic rings. The number of piperazine rings is 1. The van der Waals surface area contributed by atoms with E-state index in [0.29, 0.717) is 5.56 Å². The van der Waals surface area contributed by atoms with Gasteiger partial charge in [-0.05, 0) is 30.2 Å². The first kappa shape index (κ1) is 23.6. The average Bonchev–Trinajstić information content (AvgIpc) is 2.72. The lowest BCUT2D eigenvalue weighted by Gasteiger charge is -2.34. The monoisotopic (exact) mass is 485 g/mol. The molecule has 1 unspecified atom stereocenters. The van der Waals surface area contributed by atoms with Gasteiger partial charge in [0.25, 0.3) is 0 Å². The topological polar surface area (TPSA) is 78.7 Å². The zero-order valence-corrected chi connectivity index (χ0v) is 18.0. The summed E-state index contributed by atoms with van der Waals surface area (Å²) in [5, 5.41) is 4.82. The van der Waals surface area contributed by atoms with E-state index in [4.69, 9.17) is 29.8 Å². The zero-order valence-electron chi connectivity index (χ0n) is 16.5. The Morgan fingerprint density at radius 3 is 2.59 bits per heavy atom. The van der Waals surface area contributed by atoms with E-state index in [1.807, 2.05) is 0 Å². The second kappa shape index (κ2) is 9.22. The molecule has 3 rings (SSSR count). The lowest BCUT2D eigenvalue weighted by atomic mass is 9.99. The molecule has 3 amide bonds. The van der Waals surface area contributed by atoms with Gasteiger partial charge in [-0.2, -0.15) is 13.2 Å². The fraction of sp³-hybridized carbons (Fsp3) is 0.300. The molecule has 1 saturated heterocycles. The second-order valence-corrected chi connectivity index (χ2v) is 7.78. The van der Waals surface area contributed by atoms with Crippen LogP contribution in [0.2, 0.25) is 10.0 Å². The van der Waals surface area contributed by atoms with Crippen LogP contribution in [0.15, 0.2) is 30.5 Å². The third-order valence-electron chi connectivity index (χ3n) is 4.92. The smallest absolute Gasteiger partial charge is 0.353 e. The van der Waals surface area contributed by atoms with Crippen LogP contribution in [0.5, 0.6) is 0 Å². The molecule has 2 heterocycles. The van der Waals surface area contributed by atoms with E-state index in [1.165, 1.54) is 23.1 Å². The highest BCUT2D eigenvalue weighted by Crippen LogP contribution is 2.36. The van der Waals surface area contributed by atoms with Gasteiger partial charge in [-0.1, -0.05) is 35.3 Å². The van der Waals surface area contributed by atoms with Crippen molar-refractivity contribution in [3.8, 4) is 0 Å². The Balaban J connectivity index is 2.01. The van der Waals surface area contributed by atoms with Gasteiger partial charge in [0.1, 0.15) is 6.04 Å². The van der Waals surface area contributed by atoms with Crippen LogP contribution in [0.4, 0.5) is 23.7 Å². The van der Waals surface area contributed by atoms with Crippen molar-refractivity contribution in [2.75, 3.05) is 13.1 Å². The molecule has 0 bridgehead atoms. The van der Waals surface area contributed by atoms with Crippen molar-refractivity contribution in [2.24, 2.45) is 0 Å². The molecule has 12 heteroatoms. The quantitative estimate of drug-likeness (QED) is 0.624. The molecule has 0 spiro atoms. The fourth-order valence-electron chi connectivity index (χ4n) is 3.24. The SMILES string of the molecule is [C-]#[N+]c1ccc(C(NC(=O)N2CCNC(=O)[C@H]2C)c2cnc(C(F)(F)F)c(Cl)c2)cc1Cl. The third kappa shape index (κ3) is 4.89. The van der Waals surface area contributed by atoms with E-state index in [-0.39, 0.29) is 35.3 Å². The van der Waals surface area contributed by atoms with Gasteiger partial charge in [0.05, 0.1) is 17.6 Å². The number of benzene rings is 1. The van der Waals surface area contributed by atoms with Crippen LogP contribution in [0.3, 0.4) is 0 Å². The van der Waals surface area contributed by atoms with E-state index >= 15 is 0 Å². The summed E-state index contributed by atoms with van der Waals surface area (Å²) in [4.78, 5) is 32.9. The molecule has 168 valence electrons. The lowest BCUT2D eigenvalue weighted by molar-refractivity contribution is -0.141. The number of halogens is 5. The molecule has 2 N–H and O–H groups in total. The van der Waals surface area contributed by atoms with Gasteiger partial charge in [-0.3, -0.25) is 4.79 Å². The molecule has 1 fully saturated rings. The third-order valence-corrected chi connectivity index (χ3v) is 5.51. The van der Waals surface area contributed by atoms with Crippen molar-refractivity contribution in [3.63, 3.8) is 0 Å². The highest BCUT2D eigenvalue weighted by molar-refractivity contribution is 6.33. The maximum absolute atomic E-state index is 13.1. The molecule has 2 atom stereocenters. The molecular formula is C20H16Cl2F3N5O2. The Morgan fingerprint density at radius 2 is 2.00 bits per heavy atom. The van der Waals surface area contributed by atoms with Crippen molar-refractivity contribution in [2.45, 2.75) is 25.2 Å². The minimum atomic E-state index is -4.74. The number of carbonyl (C=O) groups is 2. The molecule has 7 nitrogen and oxygen atoms in total. The number of rotatable bonds is 3. The van der Waals surface area contributed by atoms with Crippen LogP contribution in [0.25, 0.3) is 4.85 Å². The molecule has 32 heavy (non-hydrogen) atoms. The highest BCUT2D eigenvalue weighted by Gasteiger charge is 2.36. The largest absolute Gasteiger partial charge is 0.434 e. The van der Waals surface area contributed by atoms with E-state index < -0.39 is 35.0 Å². The summed E-state index contributed by atoms with van der Waals surface area (Å²) >= 11 is 12.0. The number of hydrogen-bond donors (Lipinski definition) is 2. The van der Waals surface area contributed by atoms with Gasteiger partial charge in [-0.15, -0.1) is 0 Å². The molecular weight excluding hydrogens is 470 g/mol. The Hall–Kier alpha value is -3.03. The summed E-state index contributed by atoms with van der Waals surface area (Å²) in [6.45, 7) is 9.18. The number of nitrogens with zero attached hydrogens (tertiary/aromatic N) is 3. The first-order valence-corrected chi connectivity index (χ1v) is 10.0. The number of hydrogen-bond acceptors (Lipinski definition) is 3. The van der Waals surface area contributed by atoms with Gasteiger partial charge in [0.2, 0.25) is 11.6 Å². The predicted molar refractivity (Wildman–Crippen MR) is 112 cm³/mol. The molecule has 1 aromatic carbocycles. The minimum Gasteiger partial charge on any atom is -0.353 e. The Morgan fingerprint density at radius 1 is 1.31 bits per heavy atom. The van der Waals surface area contributed by atoms with Crippen LogP contribution < -0.4 is 10.6 Å². The molecule has 1 aliphatic heterocycles. The van der Waals surface area contributed by atoms with E-state index in [2.05, 4.69) is 20.5 Å². The second-order valence-electron chi connectivity index (χ2n) is 6.96. The number of urea groups is 1. The molecule has 1 aliphatic rings. The van der Waals surface area contributed by atoms with Crippen molar-refractivity contribution in [3.05, 3.63) is 68.7 Å². The molecule has 0 radical (unpaired) electrons. The highest BCUT2D eigenvalue weighted by atomic mass is 35.5. The number of nitrogens with one attached hydrogen (secondary N) is 2. The van der Waals surface area contributed by atoms with Gasteiger partial charge in [0, 0.05) is 24.3 Å². The summed E-state index contributed by atoms with van der Waals surface area (Å²) in [7, 11) is 0. The Kier molecular flexibility index (Phi) is 6.81. The molecule has 0 aliphatic carbocycles. The van der Waals surface area contributed by atoms with Crippen LogP contribution in [-0.2, 0) is 11.0 Å². The number of alkyl halides is 3. The van der Waals surface area contributed by atoms with Gasteiger partial charge < -0.3 is 15.5 Å². The Labute approximate surface area is 191 Å². The normalized spacial score (nSPS) is 17.3. The first-order chi connectivity index (χ1) is 15.0. The summed E-state index contributed by atoms with van der Waals surface area (Å²) < 4.78 is 39.2. The minimum absolute atomic E-state index is 0.105. The Bertz CT molecular complexity index is 1100. The van der Waals surface area contributed by atoms with E-state index in [9.17, 15) is 22.8 Å². The number of pyridine rings is 1. The number of amides is 3. The molecule has 0 saturated carbocycles. The van der Waals surface area contributed by atoms with Crippen LogP contribution >= 0.6 is 23.2 Å². The maximum atomic E-state index is 13.1. The predicted octanol–water partition coefficient (Wildman–Crippen LogP) is 4.58. The van der Waals surface area contributed by atoms with Gasteiger partial charge >= 0.3 is 12.2 Å². The first-order valence-electron chi connectivity index (χ1n) is 9.27. The van der Waals surface area contributed by atoms with Crippen LogP contribution in [0, 0.1) is 6.57 Å². The van der Waals surface area contributed by atoms with E-state index in [0.717, 1.165) is 12.3 Å². The summed E-state index contributed by atoms with van der Waals surface area (Å²) in [5.74, 6) is -0.327. The molecule has 1 aromatic heterocycles. The van der Waals surface area contributed by atoms with Gasteiger partial charge in [-0.25, -0.2) is 14.6 Å². The zero-order chi connectivity index (χ0) is 23.6. The standard InChI is InChI=1S/C20H16Cl2F3N5O2/c1-10-18(31)27-5-6-30(10)19(32)29-16(11-3-4-15(26-2)13(21)7-11)12-8-14(22)17(28-9-12)20(23,24)25/h3-4,7-10,16H,5-6H2,1H3,(H,27,31)(H,29,32)/t10-,16?/m1/s1. The fourth-order valence-corrected chi connectivity index (χ4v) is 3.75. The summed E-state index contributed by atoms with van der Waals surface area (Å²) in [5.41, 5.74) is -0.527. The summed E-state index contributed by atoms with van der Waals surface area (Å²) in [6, 6.07) is 3.08. The van der Waals surface area contributed by atoms with Crippen LogP contribution in [0.1, 0.15) is 29.8 Å². The number of carbonyl (C=O) groups excluding carboxylic acids is 2. The lowest BCUT2D eigenvalue weighted by Crippen LogP contribution is -2.58. The van der Waals surface area contributed by atoms with Crippen molar-refractivity contribution in [1.29, 1.82) is 0 Å².